The maximum Gasteiger partial charge on any atom is 0.235 e. The van der Waals surface area contributed by atoms with Gasteiger partial charge in [-0.2, -0.15) is 0 Å². The summed E-state index contributed by atoms with van der Waals surface area (Å²) in [6.07, 6.45) is 2.98. The van der Waals surface area contributed by atoms with Crippen molar-refractivity contribution in [3.05, 3.63) is 59.7 Å². The second-order valence-corrected chi connectivity index (χ2v) is 6.32. The van der Waals surface area contributed by atoms with Gasteiger partial charge in [0.1, 0.15) is 24.7 Å². The molecule has 0 atom stereocenters. The Morgan fingerprint density at radius 3 is 1.44 bits per heavy atom. The highest BCUT2D eigenvalue weighted by atomic mass is 16.5. The molecule has 0 radical (unpaired) electrons. The third kappa shape index (κ3) is 5.93. The lowest BCUT2D eigenvalue weighted by atomic mass is 9.78. The summed E-state index contributed by atoms with van der Waals surface area (Å²) in [6, 6.07) is 15.7. The van der Waals surface area contributed by atoms with Crippen LogP contribution in [0.1, 0.15) is 25.0 Å². The van der Waals surface area contributed by atoms with Gasteiger partial charge in [-0.1, -0.05) is 38.1 Å². The van der Waals surface area contributed by atoms with Crippen LogP contribution in [0, 0.1) is 0 Å². The first kappa shape index (κ1) is 20.1. The first-order chi connectivity index (χ1) is 13.1. The molecule has 2 aromatic rings. The average molecular weight is 366 g/mol. The number of ether oxygens (including phenoxy) is 2. The van der Waals surface area contributed by atoms with Crippen molar-refractivity contribution >= 4 is 12.2 Å². The number of isocyanates is 2. The molecule has 0 unspecified atom stereocenters. The lowest BCUT2D eigenvalue weighted by molar-refractivity contribution is 0.328. The summed E-state index contributed by atoms with van der Waals surface area (Å²) in [5.41, 5.74) is 2.10. The van der Waals surface area contributed by atoms with Gasteiger partial charge >= 0.3 is 0 Å². The molecular weight excluding hydrogens is 344 g/mol. The van der Waals surface area contributed by atoms with Crippen molar-refractivity contribution in [3.63, 3.8) is 0 Å². The molecule has 0 fully saturated rings. The minimum atomic E-state index is -0.194. The summed E-state index contributed by atoms with van der Waals surface area (Å²) in [4.78, 5) is 27.0. The molecule has 2 rings (SSSR count). The van der Waals surface area contributed by atoms with E-state index in [2.05, 4.69) is 23.8 Å². The molecule has 0 saturated carbocycles. The first-order valence-corrected chi connectivity index (χ1v) is 8.62. The Morgan fingerprint density at radius 1 is 0.741 bits per heavy atom. The maximum atomic E-state index is 10.0. The summed E-state index contributed by atoms with van der Waals surface area (Å²) in [5, 5.41) is 0. The molecule has 0 N–H and O–H groups in total. The van der Waals surface area contributed by atoms with E-state index < -0.39 is 0 Å². The topological polar surface area (TPSA) is 77.3 Å². The van der Waals surface area contributed by atoms with Crippen LogP contribution in [0.3, 0.4) is 0 Å². The normalized spacial score (nSPS) is 10.4. The summed E-state index contributed by atoms with van der Waals surface area (Å²) >= 11 is 0. The predicted molar refractivity (Wildman–Crippen MR) is 102 cm³/mol. The van der Waals surface area contributed by atoms with Crippen LogP contribution in [0.5, 0.6) is 11.5 Å². The van der Waals surface area contributed by atoms with Crippen molar-refractivity contribution in [1.82, 2.24) is 0 Å². The Balaban J connectivity index is 2.01. The van der Waals surface area contributed by atoms with Crippen LogP contribution in [0.15, 0.2) is 58.5 Å². The number of carbonyl (C=O) groups excluding carboxylic acids is 2. The highest BCUT2D eigenvalue weighted by Crippen LogP contribution is 2.33. The van der Waals surface area contributed by atoms with Gasteiger partial charge in [0.05, 0.1) is 13.1 Å². The van der Waals surface area contributed by atoms with Gasteiger partial charge < -0.3 is 9.47 Å². The molecule has 0 aliphatic carbocycles. The van der Waals surface area contributed by atoms with Crippen LogP contribution >= 0.6 is 0 Å². The van der Waals surface area contributed by atoms with Gasteiger partial charge in [0, 0.05) is 5.41 Å². The minimum absolute atomic E-state index is 0.194. The quantitative estimate of drug-likeness (QED) is 0.367. The summed E-state index contributed by atoms with van der Waals surface area (Å²) in [7, 11) is 0. The molecule has 0 aliphatic rings. The van der Waals surface area contributed by atoms with E-state index in [1.807, 2.05) is 48.5 Å². The second-order valence-electron chi connectivity index (χ2n) is 6.32. The number of nitrogens with zero attached hydrogens (tertiary/aromatic N) is 2. The van der Waals surface area contributed by atoms with Crippen LogP contribution in [-0.2, 0) is 15.0 Å². The Kier molecular flexibility index (Phi) is 7.50. The molecule has 0 aliphatic heterocycles. The molecule has 0 bridgehead atoms. The zero-order valence-corrected chi connectivity index (χ0v) is 15.5. The summed E-state index contributed by atoms with van der Waals surface area (Å²) in [5.74, 6) is 1.47. The van der Waals surface area contributed by atoms with Gasteiger partial charge in [0.25, 0.3) is 0 Å². The molecule has 2 aromatic carbocycles. The fraction of sp³-hybridized carbons (Fsp3) is 0.333. The van der Waals surface area contributed by atoms with Crippen LogP contribution in [0.25, 0.3) is 0 Å². The molecule has 0 saturated heterocycles. The zero-order valence-electron chi connectivity index (χ0n) is 15.5. The van der Waals surface area contributed by atoms with Crippen molar-refractivity contribution in [1.29, 1.82) is 0 Å². The van der Waals surface area contributed by atoms with Gasteiger partial charge in [-0.15, -0.1) is 0 Å². The monoisotopic (exact) mass is 366 g/mol. The van der Waals surface area contributed by atoms with E-state index >= 15 is 0 Å². The molecule has 0 heterocycles. The second kappa shape index (κ2) is 10.1. The molecule has 0 amide bonds. The van der Waals surface area contributed by atoms with Crippen molar-refractivity contribution in [2.45, 2.75) is 19.3 Å². The van der Waals surface area contributed by atoms with E-state index in [0.717, 1.165) is 22.6 Å². The summed E-state index contributed by atoms with van der Waals surface area (Å²) < 4.78 is 11.1. The largest absolute Gasteiger partial charge is 0.492 e. The Bertz CT molecular complexity index is 747. The van der Waals surface area contributed by atoms with Crippen LogP contribution in [-0.4, -0.2) is 38.5 Å². The van der Waals surface area contributed by atoms with Crippen molar-refractivity contribution in [3.8, 4) is 11.5 Å². The Labute approximate surface area is 158 Å². The van der Waals surface area contributed by atoms with Crippen molar-refractivity contribution < 1.29 is 19.1 Å². The standard InChI is InChI=1S/C21H22N2O4/c1-21(2,17-3-7-19(8-4-17)26-13-11-22-15-24)18-5-9-20(10-6-18)27-14-12-23-16-25/h3-10H,11-14H2,1-2H3. The molecule has 140 valence electrons. The van der Waals surface area contributed by atoms with Crippen LogP contribution < -0.4 is 9.47 Å². The number of hydrogen-bond acceptors (Lipinski definition) is 6. The van der Waals surface area contributed by atoms with Crippen molar-refractivity contribution in [2.24, 2.45) is 9.98 Å². The zero-order chi connectivity index (χ0) is 19.5. The molecule has 6 heteroatoms. The fourth-order valence-electron chi connectivity index (χ4n) is 2.61. The highest BCUT2D eigenvalue weighted by molar-refractivity contribution is 5.42. The minimum Gasteiger partial charge on any atom is -0.492 e. The molecule has 27 heavy (non-hydrogen) atoms. The number of hydrogen-bond donors (Lipinski definition) is 0. The average Bonchev–Trinajstić information content (AvgIpc) is 2.69. The van der Waals surface area contributed by atoms with Gasteiger partial charge in [-0.05, 0) is 35.4 Å². The Morgan fingerprint density at radius 2 is 1.11 bits per heavy atom. The molecule has 6 nitrogen and oxygen atoms in total. The maximum absolute atomic E-state index is 10.0. The SMILES string of the molecule is CC(C)(c1ccc(OCCN=C=O)cc1)c1ccc(OCCN=C=O)cc1. The molecular formula is C21H22N2O4. The summed E-state index contributed by atoms with van der Waals surface area (Å²) in [6.45, 7) is 5.58. The van der Waals surface area contributed by atoms with E-state index in [4.69, 9.17) is 9.47 Å². The van der Waals surface area contributed by atoms with Crippen LogP contribution in [0.2, 0.25) is 0 Å². The third-order valence-corrected chi connectivity index (χ3v) is 4.22. The fourth-order valence-corrected chi connectivity index (χ4v) is 2.61. The van der Waals surface area contributed by atoms with E-state index in [9.17, 15) is 9.59 Å². The Hall–Kier alpha value is -3.20. The van der Waals surface area contributed by atoms with Crippen LogP contribution in [0.4, 0.5) is 0 Å². The van der Waals surface area contributed by atoms with Gasteiger partial charge in [-0.3, -0.25) is 0 Å². The molecule has 0 aromatic heterocycles. The number of benzene rings is 2. The van der Waals surface area contributed by atoms with Gasteiger partial charge in [-0.25, -0.2) is 19.6 Å². The smallest absolute Gasteiger partial charge is 0.235 e. The van der Waals surface area contributed by atoms with E-state index in [1.165, 1.54) is 12.2 Å². The third-order valence-electron chi connectivity index (χ3n) is 4.22. The van der Waals surface area contributed by atoms with Gasteiger partial charge in [0.2, 0.25) is 12.2 Å². The van der Waals surface area contributed by atoms with Crippen molar-refractivity contribution in [2.75, 3.05) is 26.3 Å². The molecule has 0 spiro atoms. The van der Waals surface area contributed by atoms with E-state index in [1.54, 1.807) is 0 Å². The van der Waals surface area contributed by atoms with Gasteiger partial charge in [0.15, 0.2) is 0 Å². The predicted octanol–water partition coefficient (Wildman–Crippen LogP) is 3.44. The van der Waals surface area contributed by atoms with E-state index in [-0.39, 0.29) is 5.41 Å². The number of aliphatic imine (C=N–C) groups is 2. The lowest BCUT2D eigenvalue weighted by Gasteiger charge is -2.26. The van der Waals surface area contributed by atoms with E-state index in [0.29, 0.717) is 26.3 Å². The highest BCUT2D eigenvalue weighted by Gasteiger charge is 2.23. The first-order valence-electron chi connectivity index (χ1n) is 8.62. The lowest BCUT2D eigenvalue weighted by Crippen LogP contribution is -2.18. The number of rotatable bonds is 10.